The Kier molecular flexibility index (Phi) is 5.71. The number of methoxy groups -OCH3 is 3. The van der Waals surface area contributed by atoms with Gasteiger partial charge in [0.15, 0.2) is 11.5 Å². The van der Waals surface area contributed by atoms with Crippen molar-refractivity contribution in [3.05, 3.63) is 62.9 Å². The van der Waals surface area contributed by atoms with Crippen molar-refractivity contribution in [3.63, 3.8) is 0 Å². The average molecular weight is 441 g/mol. The van der Waals surface area contributed by atoms with E-state index in [1.807, 2.05) is 30.3 Å². The lowest BCUT2D eigenvalue weighted by Crippen LogP contribution is -2.12. The van der Waals surface area contributed by atoms with Gasteiger partial charge in [0.25, 0.3) is 5.56 Å². The first-order valence-electron chi connectivity index (χ1n) is 8.26. The first-order chi connectivity index (χ1) is 13.5. The molecule has 28 heavy (non-hydrogen) atoms. The van der Waals surface area contributed by atoms with E-state index in [-0.39, 0.29) is 5.56 Å². The van der Waals surface area contributed by atoms with Crippen LogP contribution in [0.3, 0.4) is 0 Å². The molecule has 3 aromatic rings. The van der Waals surface area contributed by atoms with Crippen LogP contribution in [0.2, 0.25) is 0 Å². The minimum atomic E-state index is -0.466. The summed E-state index contributed by atoms with van der Waals surface area (Å²) >= 11 is 3.40. The summed E-state index contributed by atoms with van der Waals surface area (Å²) in [6.45, 7) is 0. The van der Waals surface area contributed by atoms with Crippen LogP contribution in [0.15, 0.2) is 51.7 Å². The molecule has 6 nitrogen and oxygen atoms in total. The van der Waals surface area contributed by atoms with E-state index in [0.29, 0.717) is 34.1 Å². The molecule has 7 heteroatoms. The second-order valence-corrected chi connectivity index (χ2v) is 6.75. The summed E-state index contributed by atoms with van der Waals surface area (Å²) in [5.41, 5.74) is 2.04. The standard InChI is InChI=1S/C21H17BrN2O4/c1-26-18-8-13(9-19(27-2)20(18)28-3)15-10-17(24-21(25)16(15)11-23)12-4-6-14(22)7-5-12/h4-10H,1-3H3,(H,24,25). The number of halogens is 1. The highest BCUT2D eigenvalue weighted by Crippen LogP contribution is 2.42. The maximum absolute atomic E-state index is 12.6. The number of nitrogens with one attached hydrogen (secondary N) is 1. The van der Waals surface area contributed by atoms with Crippen molar-refractivity contribution in [1.82, 2.24) is 4.98 Å². The second kappa shape index (κ2) is 8.19. The van der Waals surface area contributed by atoms with Crippen LogP contribution in [0.25, 0.3) is 22.4 Å². The van der Waals surface area contributed by atoms with Gasteiger partial charge in [-0.05, 0) is 41.5 Å². The van der Waals surface area contributed by atoms with E-state index in [1.54, 1.807) is 18.2 Å². The Labute approximate surface area is 170 Å². The van der Waals surface area contributed by atoms with Crippen molar-refractivity contribution in [1.29, 1.82) is 5.26 Å². The Bertz CT molecular complexity index is 1090. The number of rotatable bonds is 5. The molecule has 0 aliphatic rings. The van der Waals surface area contributed by atoms with Crippen molar-refractivity contribution in [3.8, 4) is 45.7 Å². The number of pyridine rings is 1. The Morgan fingerprint density at radius 2 is 1.54 bits per heavy atom. The number of hydrogen-bond donors (Lipinski definition) is 1. The SMILES string of the molecule is COc1cc(-c2cc(-c3ccc(Br)cc3)[nH]c(=O)c2C#N)cc(OC)c1OC. The van der Waals surface area contributed by atoms with Gasteiger partial charge in [-0.2, -0.15) is 5.26 Å². The number of benzene rings is 2. The second-order valence-electron chi connectivity index (χ2n) is 5.83. The van der Waals surface area contributed by atoms with E-state index in [4.69, 9.17) is 14.2 Å². The zero-order valence-electron chi connectivity index (χ0n) is 15.5. The molecule has 0 aliphatic heterocycles. The maximum atomic E-state index is 12.6. The molecule has 0 bridgehead atoms. The molecule has 142 valence electrons. The first-order valence-corrected chi connectivity index (χ1v) is 9.05. The predicted molar refractivity (Wildman–Crippen MR) is 110 cm³/mol. The summed E-state index contributed by atoms with van der Waals surface area (Å²) in [5.74, 6) is 1.31. The first kappa shape index (κ1) is 19.5. The molecular formula is C21H17BrN2O4. The van der Waals surface area contributed by atoms with Gasteiger partial charge in [-0.1, -0.05) is 28.1 Å². The van der Waals surface area contributed by atoms with Gasteiger partial charge < -0.3 is 19.2 Å². The Hall–Kier alpha value is -3.24. The summed E-state index contributed by atoms with van der Waals surface area (Å²) in [7, 11) is 4.54. The minimum Gasteiger partial charge on any atom is -0.493 e. The highest BCUT2D eigenvalue weighted by Gasteiger charge is 2.18. The summed E-state index contributed by atoms with van der Waals surface area (Å²) in [5, 5.41) is 9.55. The fourth-order valence-corrected chi connectivity index (χ4v) is 3.18. The predicted octanol–water partition coefficient (Wildman–Crippen LogP) is 4.37. The number of H-pyrrole nitrogens is 1. The van der Waals surface area contributed by atoms with Crippen LogP contribution in [0, 0.1) is 11.3 Å². The van der Waals surface area contributed by atoms with Gasteiger partial charge in [0.05, 0.1) is 21.3 Å². The van der Waals surface area contributed by atoms with E-state index < -0.39 is 5.56 Å². The molecule has 3 rings (SSSR count). The molecule has 0 atom stereocenters. The van der Waals surface area contributed by atoms with Gasteiger partial charge in [-0.15, -0.1) is 0 Å². The van der Waals surface area contributed by atoms with E-state index in [1.165, 1.54) is 21.3 Å². The highest BCUT2D eigenvalue weighted by atomic mass is 79.9. The van der Waals surface area contributed by atoms with Gasteiger partial charge >= 0.3 is 0 Å². The quantitative estimate of drug-likeness (QED) is 0.636. The fraction of sp³-hybridized carbons (Fsp3) is 0.143. The van der Waals surface area contributed by atoms with Crippen LogP contribution >= 0.6 is 15.9 Å². The molecule has 0 amide bonds. The smallest absolute Gasteiger partial charge is 0.266 e. The van der Waals surface area contributed by atoms with Crippen molar-refractivity contribution >= 4 is 15.9 Å². The van der Waals surface area contributed by atoms with Gasteiger partial charge in [0.1, 0.15) is 11.6 Å². The number of ether oxygens (including phenoxy) is 3. The van der Waals surface area contributed by atoms with Crippen molar-refractivity contribution < 1.29 is 14.2 Å². The van der Waals surface area contributed by atoms with Gasteiger partial charge in [0.2, 0.25) is 5.75 Å². The Morgan fingerprint density at radius 1 is 0.929 bits per heavy atom. The average Bonchev–Trinajstić information content (AvgIpc) is 2.72. The maximum Gasteiger partial charge on any atom is 0.266 e. The molecule has 0 aliphatic carbocycles. The van der Waals surface area contributed by atoms with Gasteiger partial charge in [0, 0.05) is 15.7 Å². The fourth-order valence-electron chi connectivity index (χ4n) is 2.92. The monoisotopic (exact) mass is 440 g/mol. The number of hydrogen-bond acceptors (Lipinski definition) is 5. The molecule has 2 aromatic carbocycles. The summed E-state index contributed by atoms with van der Waals surface area (Å²) < 4.78 is 17.1. The largest absolute Gasteiger partial charge is 0.493 e. The number of nitrogens with zero attached hydrogens (tertiary/aromatic N) is 1. The lowest BCUT2D eigenvalue weighted by molar-refractivity contribution is 0.324. The van der Waals surface area contributed by atoms with Crippen LogP contribution in [0.4, 0.5) is 0 Å². The van der Waals surface area contributed by atoms with E-state index in [2.05, 4.69) is 20.9 Å². The minimum absolute atomic E-state index is 0.00938. The molecule has 1 heterocycles. The van der Waals surface area contributed by atoms with Crippen molar-refractivity contribution in [2.45, 2.75) is 0 Å². The molecule has 0 saturated heterocycles. The van der Waals surface area contributed by atoms with Gasteiger partial charge in [-0.3, -0.25) is 4.79 Å². The molecule has 1 aromatic heterocycles. The molecule has 0 fully saturated rings. The molecular weight excluding hydrogens is 424 g/mol. The Balaban J connectivity index is 2.28. The number of aromatic amines is 1. The lowest BCUT2D eigenvalue weighted by Gasteiger charge is -2.15. The van der Waals surface area contributed by atoms with Crippen LogP contribution in [0.1, 0.15) is 5.56 Å². The summed E-state index contributed by atoms with van der Waals surface area (Å²) in [6.07, 6.45) is 0. The third kappa shape index (κ3) is 3.59. The normalized spacial score (nSPS) is 10.2. The zero-order chi connectivity index (χ0) is 20.3. The lowest BCUT2D eigenvalue weighted by atomic mass is 9.98. The van der Waals surface area contributed by atoms with E-state index >= 15 is 0 Å². The molecule has 0 unspecified atom stereocenters. The third-order valence-electron chi connectivity index (χ3n) is 4.28. The molecule has 0 spiro atoms. The summed E-state index contributed by atoms with van der Waals surface area (Å²) in [6, 6.07) is 14.7. The van der Waals surface area contributed by atoms with E-state index in [9.17, 15) is 10.1 Å². The van der Waals surface area contributed by atoms with Crippen LogP contribution in [0.5, 0.6) is 17.2 Å². The topological polar surface area (TPSA) is 84.3 Å². The Morgan fingerprint density at radius 3 is 2.04 bits per heavy atom. The zero-order valence-corrected chi connectivity index (χ0v) is 17.1. The number of aromatic nitrogens is 1. The number of nitriles is 1. The van der Waals surface area contributed by atoms with Crippen molar-refractivity contribution in [2.75, 3.05) is 21.3 Å². The third-order valence-corrected chi connectivity index (χ3v) is 4.80. The van der Waals surface area contributed by atoms with Crippen LogP contribution in [-0.4, -0.2) is 26.3 Å². The highest BCUT2D eigenvalue weighted by molar-refractivity contribution is 9.10. The van der Waals surface area contributed by atoms with Crippen molar-refractivity contribution in [2.24, 2.45) is 0 Å². The van der Waals surface area contributed by atoms with Crippen LogP contribution in [-0.2, 0) is 0 Å². The molecule has 0 saturated carbocycles. The summed E-state index contributed by atoms with van der Waals surface area (Å²) in [4.78, 5) is 15.3. The van der Waals surface area contributed by atoms with Crippen LogP contribution < -0.4 is 19.8 Å². The molecule has 1 N–H and O–H groups in total. The molecule has 0 radical (unpaired) electrons. The van der Waals surface area contributed by atoms with Gasteiger partial charge in [-0.25, -0.2) is 0 Å². The van der Waals surface area contributed by atoms with E-state index in [0.717, 1.165) is 10.0 Å².